The molecule has 0 aromatic carbocycles. The molecule has 0 heterocycles. The van der Waals surface area contributed by atoms with Crippen LogP contribution in [-0.2, 0) is 4.74 Å². The van der Waals surface area contributed by atoms with Crippen molar-refractivity contribution in [3.63, 3.8) is 0 Å². The molecule has 4 heteroatoms. The van der Waals surface area contributed by atoms with Crippen LogP contribution in [0.5, 0.6) is 0 Å². The van der Waals surface area contributed by atoms with E-state index in [4.69, 9.17) is 4.74 Å². The fourth-order valence-corrected chi connectivity index (χ4v) is 1.91. The first-order valence-corrected chi connectivity index (χ1v) is 5.93. The largest absolute Gasteiger partial charge is 0.444 e. The fraction of sp³-hybridized carbons (Fsp3) is 0.917. The Labute approximate surface area is 98.1 Å². The van der Waals surface area contributed by atoms with Gasteiger partial charge in [0.05, 0.1) is 0 Å². The molecule has 0 radical (unpaired) electrons. The lowest BCUT2D eigenvalue weighted by molar-refractivity contribution is 0.0486. The van der Waals surface area contributed by atoms with Crippen LogP contribution in [0.25, 0.3) is 0 Å². The van der Waals surface area contributed by atoms with Crippen molar-refractivity contribution >= 4 is 6.09 Å². The van der Waals surface area contributed by atoms with Gasteiger partial charge in [0.2, 0.25) is 0 Å². The first-order chi connectivity index (χ1) is 7.29. The van der Waals surface area contributed by atoms with Gasteiger partial charge in [-0.2, -0.15) is 0 Å². The van der Waals surface area contributed by atoms with E-state index in [9.17, 15) is 4.79 Å². The quantitative estimate of drug-likeness (QED) is 0.772. The standard InChI is InChI=1S/C12H24N2O2/c1-9(12(6-7-12)8-13-5)14-10(15)16-11(2,3)4/h9,13H,6-8H2,1-5H3,(H,14,15)/t9-/m0/s1. The van der Waals surface area contributed by atoms with Gasteiger partial charge in [-0.05, 0) is 47.6 Å². The van der Waals surface area contributed by atoms with Crippen molar-refractivity contribution in [3.05, 3.63) is 0 Å². The topological polar surface area (TPSA) is 50.4 Å². The molecule has 0 aromatic rings. The molecular formula is C12H24N2O2. The monoisotopic (exact) mass is 228 g/mol. The smallest absolute Gasteiger partial charge is 0.407 e. The highest BCUT2D eigenvalue weighted by molar-refractivity contribution is 5.68. The molecule has 0 spiro atoms. The SMILES string of the molecule is CNCC1([C@H](C)NC(=O)OC(C)(C)C)CC1. The van der Waals surface area contributed by atoms with Crippen LogP contribution in [0.15, 0.2) is 0 Å². The summed E-state index contributed by atoms with van der Waals surface area (Å²) >= 11 is 0. The van der Waals surface area contributed by atoms with Crippen LogP contribution in [0, 0.1) is 5.41 Å². The first kappa shape index (κ1) is 13.3. The minimum atomic E-state index is -0.427. The Bertz CT molecular complexity index is 254. The maximum Gasteiger partial charge on any atom is 0.407 e. The molecule has 1 aliphatic carbocycles. The van der Waals surface area contributed by atoms with Gasteiger partial charge in [-0.25, -0.2) is 4.79 Å². The van der Waals surface area contributed by atoms with Gasteiger partial charge in [-0.1, -0.05) is 0 Å². The molecule has 1 rings (SSSR count). The van der Waals surface area contributed by atoms with Gasteiger partial charge in [0.25, 0.3) is 0 Å². The van der Waals surface area contributed by atoms with Gasteiger partial charge in [-0.15, -0.1) is 0 Å². The summed E-state index contributed by atoms with van der Waals surface area (Å²) in [5.74, 6) is 0. The molecule has 2 N–H and O–H groups in total. The van der Waals surface area contributed by atoms with Crippen LogP contribution in [0.3, 0.4) is 0 Å². The lowest BCUT2D eigenvalue weighted by atomic mass is 9.98. The van der Waals surface area contributed by atoms with Crippen LogP contribution in [0.2, 0.25) is 0 Å². The number of hydrogen-bond acceptors (Lipinski definition) is 3. The molecule has 1 saturated carbocycles. The van der Waals surface area contributed by atoms with Crippen LogP contribution < -0.4 is 10.6 Å². The van der Waals surface area contributed by atoms with Gasteiger partial charge in [0.15, 0.2) is 0 Å². The second-order valence-electron chi connectivity index (χ2n) is 5.76. The van der Waals surface area contributed by atoms with Gasteiger partial charge >= 0.3 is 6.09 Å². The summed E-state index contributed by atoms with van der Waals surface area (Å²) in [6.07, 6.45) is 2.03. The summed E-state index contributed by atoms with van der Waals surface area (Å²) in [6, 6.07) is 0.162. The third-order valence-corrected chi connectivity index (χ3v) is 3.07. The van der Waals surface area contributed by atoms with E-state index >= 15 is 0 Å². The lowest BCUT2D eigenvalue weighted by Gasteiger charge is -2.26. The first-order valence-electron chi connectivity index (χ1n) is 5.93. The Morgan fingerprint density at radius 1 is 1.44 bits per heavy atom. The van der Waals surface area contributed by atoms with E-state index in [0.717, 1.165) is 6.54 Å². The summed E-state index contributed by atoms with van der Waals surface area (Å²) in [5.41, 5.74) is -0.185. The molecule has 94 valence electrons. The van der Waals surface area contributed by atoms with Crippen LogP contribution in [0.1, 0.15) is 40.5 Å². The van der Waals surface area contributed by atoms with Crippen molar-refractivity contribution in [2.45, 2.75) is 52.2 Å². The molecule has 4 nitrogen and oxygen atoms in total. The average molecular weight is 228 g/mol. The molecule has 0 saturated heterocycles. The van der Waals surface area contributed by atoms with E-state index in [1.165, 1.54) is 12.8 Å². The predicted octanol–water partition coefficient (Wildman–Crippen LogP) is 1.90. The van der Waals surface area contributed by atoms with Gasteiger partial charge in [-0.3, -0.25) is 0 Å². The minimum Gasteiger partial charge on any atom is -0.444 e. The second kappa shape index (κ2) is 4.62. The van der Waals surface area contributed by atoms with Gasteiger partial charge in [0, 0.05) is 18.0 Å². The zero-order valence-corrected chi connectivity index (χ0v) is 11.0. The van der Waals surface area contributed by atoms with Crippen molar-refractivity contribution in [1.82, 2.24) is 10.6 Å². The van der Waals surface area contributed by atoms with Crippen LogP contribution >= 0.6 is 0 Å². The summed E-state index contributed by atoms with van der Waals surface area (Å²) in [6.45, 7) is 8.62. The van der Waals surface area contributed by atoms with E-state index in [-0.39, 0.29) is 17.6 Å². The van der Waals surface area contributed by atoms with Crippen molar-refractivity contribution in [2.75, 3.05) is 13.6 Å². The maximum absolute atomic E-state index is 11.6. The Hall–Kier alpha value is -0.770. The van der Waals surface area contributed by atoms with Crippen LogP contribution in [-0.4, -0.2) is 31.3 Å². The number of hydrogen-bond donors (Lipinski definition) is 2. The number of nitrogens with one attached hydrogen (secondary N) is 2. The maximum atomic E-state index is 11.6. The molecule has 1 amide bonds. The van der Waals surface area contributed by atoms with E-state index in [0.29, 0.717) is 0 Å². The molecule has 1 fully saturated rings. The number of carbonyl (C=O) groups is 1. The molecule has 0 bridgehead atoms. The Kier molecular flexibility index (Phi) is 3.84. The van der Waals surface area contributed by atoms with Crippen LogP contribution in [0.4, 0.5) is 4.79 Å². The number of amides is 1. The van der Waals surface area contributed by atoms with E-state index < -0.39 is 5.60 Å². The number of rotatable bonds is 4. The lowest BCUT2D eigenvalue weighted by Crippen LogP contribution is -2.45. The van der Waals surface area contributed by atoms with Crippen molar-refractivity contribution in [3.8, 4) is 0 Å². The third kappa shape index (κ3) is 3.67. The number of carbonyl (C=O) groups excluding carboxylic acids is 1. The molecule has 16 heavy (non-hydrogen) atoms. The molecule has 0 aliphatic heterocycles. The average Bonchev–Trinajstić information content (AvgIpc) is 2.82. The van der Waals surface area contributed by atoms with E-state index in [1.807, 2.05) is 34.7 Å². The van der Waals surface area contributed by atoms with Gasteiger partial charge < -0.3 is 15.4 Å². The molecule has 0 unspecified atom stereocenters. The Morgan fingerprint density at radius 3 is 2.38 bits per heavy atom. The van der Waals surface area contributed by atoms with Crippen molar-refractivity contribution in [1.29, 1.82) is 0 Å². The molecule has 0 aromatic heterocycles. The normalized spacial score (nSPS) is 20.1. The third-order valence-electron chi connectivity index (χ3n) is 3.07. The highest BCUT2D eigenvalue weighted by atomic mass is 16.6. The molecule has 1 aliphatic rings. The molecular weight excluding hydrogens is 204 g/mol. The zero-order chi connectivity index (χ0) is 12.4. The van der Waals surface area contributed by atoms with E-state index in [2.05, 4.69) is 10.6 Å². The van der Waals surface area contributed by atoms with E-state index in [1.54, 1.807) is 0 Å². The van der Waals surface area contributed by atoms with Crippen molar-refractivity contribution in [2.24, 2.45) is 5.41 Å². The predicted molar refractivity (Wildman–Crippen MR) is 64.4 cm³/mol. The fourth-order valence-electron chi connectivity index (χ4n) is 1.91. The van der Waals surface area contributed by atoms with Gasteiger partial charge in [0.1, 0.15) is 5.60 Å². The minimum absolute atomic E-state index is 0.162. The highest BCUT2D eigenvalue weighted by Crippen LogP contribution is 2.48. The molecule has 1 atom stereocenters. The zero-order valence-electron chi connectivity index (χ0n) is 11.0. The second-order valence-corrected chi connectivity index (χ2v) is 5.76. The van der Waals surface area contributed by atoms with Crippen molar-refractivity contribution < 1.29 is 9.53 Å². The highest BCUT2D eigenvalue weighted by Gasteiger charge is 2.47. The number of alkyl carbamates (subject to hydrolysis) is 1. The summed E-state index contributed by atoms with van der Waals surface area (Å²) in [7, 11) is 1.94. The summed E-state index contributed by atoms with van der Waals surface area (Å²) < 4.78 is 5.24. The summed E-state index contributed by atoms with van der Waals surface area (Å²) in [4.78, 5) is 11.6. The number of ether oxygens (including phenoxy) is 1. The Morgan fingerprint density at radius 2 is 2.00 bits per heavy atom. The summed E-state index contributed by atoms with van der Waals surface area (Å²) in [5, 5.41) is 6.10. The Balaban J connectivity index is 2.40.